The van der Waals surface area contributed by atoms with E-state index in [0.717, 1.165) is 25.2 Å². The molecule has 5 nitrogen and oxygen atoms in total. The molecule has 110 valence electrons. The topological polar surface area (TPSA) is 79.9 Å². The molecule has 1 aromatic rings. The first-order valence-electron chi connectivity index (χ1n) is 6.69. The zero-order valence-electron chi connectivity index (χ0n) is 11.5. The standard InChI is InChI=1S/C14H20ClN3O2/c1-9(12-4-5-20-8-12)17-7-11-3-2-10(6-13(11)15)14(16)18-19/h2-3,6,9,12,17,19H,4-5,7-8H2,1H3,(H2,16,18). The molecule has 6 heteroatoms. The molecule has 1 aromatic carbocycles. The van der Waals surface area contributed by atoms with E-state index in [4.69, 9.17) is 27.3 Å². The number of amidine groups is 1. The normalized spacial score (nSPS) is 21.1. The average Bonchev–Trinajstić information content (AvgIpc) is 2.99. The number of nitrogens with two attached hydrogens (primary N) is 1. The Labute approximate surface area is 123 Å². The largest absolute Gasteiger partial charge is 0.409 e. The molecule has 1 heterocycles. The molecule has 0 spiro atoms. The third kappa shape index (κ3) is 3.62. The van der Waals surface area contributed by atoms with Crippen LogP contribution in [0.5, 0.6) is 0 Å². The van der Waals surface area contributed by atoms with Crippen LogP contribution in [0.1, 0.15) is 24.5 Å². The van der Waals surface area contributed by atoms with Crippen LogP contribution in [0.15, 0.2) is 23.4 Å². The summed E-state index contributed by atoms with van der Waals surface area (Å²) in [6.07, 6.45) is 1.10. The van der Waals surface area contributed by atoms with E-state index in [1.54, 1.807) is 12.1 Å². The summed E-state index contributed by atoms with van der Waals surface area (Å²) in [5.74, 6) is 0.619. The lowest BCUT2D eigenvalue weighted by Gasteiger charge is -2.19. The van der Waals surface area contributed by atoms with Gasteiger partial charge in [-0.2, -0.15) is 0 Å². The minimum absolute atomic E-state index is 0.0582. The van der Waals surface area contributed by atoms with E-state index >= 15 is 0 Å². The van der Waals surface area contributed by atoms with Gasteiger partial charge in [-0.25, -0.2) is 0 Å². The van der Waals surface area contributed by atoms with Crippen molar-refractivity contribution >= 4 is 17.4 Å². The number of rotatable bonds is 5. The number of oxime groups is 1. The predicted molar refractivity (Wildman–Crippen MR) is 79.2 cm³/mol. The van der Waals surface area contributed by atoms with Crippen molar-refractivity contribution in [2.24, 2.45) is 16.8 Å². The van der Waals surface area contributed by atoms with E-state index in [2.05, 4.69) is 17.4 Å². The van der Waals surface area contributed by atoms with Crippen molar-refractivity contribution in [2.75, 3.05) is 13.2 Å². The minimum atomic E-state index is 0.0582. The van der Waals surface area contributed by atoms with Gasteiger partial charge in [0.25, 0.3) is 0 Å². The summed E-state index contributed by atoms with van der Waals surface area (Å²) in [6, 6.07) is 5.77. The molecule has 1 fully saturated rings. The quantitative estimate of drug-likeness (QED) is 0.336. The summed E-state index contributed by atoms with van der Waals surface area (Å²) in [7, 11) is 0. The van der Waals surface area contributed by atoms with Gasteiger partial charge >= 0.3 is 0 Å². The van der Waals surface area contributed by atoms with Crippen LogP contribution in [0.3, 0.4) is 0 Å². The highest BCUT2D eigenvalue weighted by Gasteiger charge is 2.21. The van der Waals surface area contributed by atoms with Crippen LogP contribution < -0.4 is 11.1 Å². The molecule has 2 unspecified atom stereocenters. The van der Waals surface area contributed by atoms with Crippen molar-refractivity contribution in [3.05, 3.63) is 34.3 Å². The molecule has 20 heavy (non-hydrogen) atoms. The van der Waals surface area contributed by atoms with E-state index < -0.39 is 0 Å². The molecule has 0 aliphatic carbocycles. The number of benzene rings is 1. The van der Waals surface area contributed by atoms with Gasteiger partial charge in [0.05, 0.1) is 6.61 Å². The summed E-state index contributed by atoms with van der Waals surface area (Å²) >= 11 is 6.22. The van der Waals surface area contributed by atoms with E-state index in [9.17, 15) is 0 Å². The Morgan fingerprint density at radius 3 is 3.05 bits per heavy atom. The van der Waals surface area contributed by atoms with Gasteiger partial charge < -0.3 is 21.0 Å². The number of halogens is 1. The SMILES string of the molecule is CC(NCc1ccc(/C(N)=N/O)cc1Cl)C1CCOC1. The van der Waals surface area contributed by atoms with Crippen molar-refractivity contribution in [1.82, 2.24) is 5.32 Å². The van der Waals surface area contributed by atoms with E-state index in [0.29, 0.717) is 29.1 Å². The Balaban J connectivity index is 1.96. The zero-order valence-corrected chi connectivity index (χ0v) is 12.2. The maximum absolute atomic E-state index is 8.64. The summed E-state index contributed by atoms with van der Waals surface area (Å²) in [5.41, 5.74) is 7.13. The molecular formula is C14H20ClN3O2. The lowest BCUT2D eigenvalue weighted by Crippen LogP contribution is -2.33. The molecule has 0 bridgehead atoms. The Kier molecular flexibility index (Phi) is 5.23. The van der Waals surface area contributed by atoms with Gasteiger partial charge in [-0.3, -0.25) is 0 Å². The molecule has 4 N–H and O–H groups in total. The van der Waals surface area contributed by atoms with Crippen molar-refractivity contribution < 1.29 is 9.94 Å². The molecule has 2 atom stereocenters. The molecule has 0 aromatic heterocycles. The van der Waals surface area contributed by atoms with Crippen molar-refractivity contribution in [1.29, 1.82) is 0 Å². The van der Waals surface area contributed by atoms with Gasteiger partial charge in [0.2, 0.25) is 0 Å². The fourth-order valence-electron chi connectivity index (χ4n) is 2.29. The van der Waals surface area contributed by atoms with Gasteiger partial charge in [0.1, 0.15) is 0 Å². The molecule has 0 amide bonds. The fourth-order valence-corrected chi connectivity index (χ4v) is 2.54. The van der Waals surface area contributed by atoms with Crippen LogP contribution in [0.25, 0.3) is 0 Å². The third-order valence-electron chi connectivity index (χ3n) is 3.74. The maximum atomic E-state index is 8.64. The minimum Gasteiger partial charge on any atom is -0.409 e. The first kappa shape index (κ1) is 15.1. The number of hydrogen-bond donors (Lipinski definition) is 3. The number of ether oxygens (including phenoxy) is 1. The average molecular weight is 298 g/mol. The maximum Gasteiger partial charge on any atom is 0.170 e. The Hall–Kier alpha value is -1.30. The van der Waals surface area contributed by atoms with Gasteiger partial charge in [0, 0.05) is 29.8 Å². The summed E-state index contributed by atoms with van der Waals surface area (Å²) in [6.45, 7) is 4.53. The van der Waals surface area contributed by atoms with Gasteiger partial charge in [-0.15, -0.1) is 0 Å². The highest BCUT2D eigenvalue weighted by Crippen LogP contribution is 2.20. The highest BCUT2D eigenvalue weighted by atomic mass is 35.5. The van der Waals surface area contributed by atoms with Crippen LogP contribution >= 0.6 is 11.6 Å². The highest BCUT2D eigenvalue weighted by molar-refractivity contribution is 6.31. The molecule has 2 rings (SSSR count). The van der Waals surface area contributed by atoms with Crippen molar-refractivity contribution in [3.8, 4) is 0 Å². The molecule has 0 saturated carbocycles. The summed E-state index contributed by atoms with van der Waals surface area (Å²) < 4.78 is 5.39. The Morgan fingerprint density at radius 1 is 1.65 bits per heavy atom. The van der Waals surface area contributed by atoms with Crippen LogP contribution in [-0.4, -0.2) is 30.3 Å². The number of nitrogens with one attached hydrogen (secondary N) is 1. The van der Waals surface area contributed by atoms with Crippen molar-refractivity contribution in [2.45, 2.75) is 25.9 Å². The fraction of sp³-hybridized carbons (Fsp3) is 0.500. The molecule has 1 saturated heterocycles. The lowest BCUT2D eigenvalue weighted by atomic mass is 10.0. The van der Waals surface area contributed by atoms with E-state index in [-0.39, 0.29) is 5.84 Å². The second-order valence-corrected chi connectivity index (χ2v) is 5.49. The van der Waals surface area contributed by atoms with E-state index in [1.807, 2.05) is 6.07 Å². The van der Waals surface area contributed by atoms with Crippen LogP contribution in [-0.2, 0) is 11.3 Å². The Bertz CT molecular complexity index is 487. The lowest BCUT2D eigenvalue weighted by molar-refractivity contribution is 0.178. The smallest absolute Gasteiger partial charge is 0.170 e. The molecule has 0 radical (unpaired) electrons. The predicted octanol–water partition coefficient (Wildman–Crippen LogP) is 1.95. The molecular weight excluding hydrogens is 278 g/mol. The van der Waals surface area contributed by atoms with Gasteiger partial charge in [-0.1, -0.05) is 28.9 Å². The van der Waals surface area contributed by atoms with Crippen LogP contribution in [0.4, 0.5) is 0 Å². The number of hydrogen-bond acceptors (Lipinski definition) is 4. The van der Waals surface area contributed by atoms with Crippen molar-refractivity contribution in [3.63, 3.8) is 0 Å². The third-order valence-corrected chi connectivity index (χ3v) is 4.09. The number of nitrogens with zero attached hydrogens (tertiary/aromatic N) is 1. The van der Waals surface area contributed by atoms with Gasteiger partial charge in [0.15, 0.2) is 5.84 Å². The van der Waals surface area contributed by atoms with E-state index in [1.165, 1.54) is 0 Å². The summed E-state index contributed by atoms with van der Waals surface area (Å²) in [5, 5.41) is 15.7. The monoisotopic (exact) mass is 297 g/mol. The second kappa shape index (κ2) is 6.92. The zero-order chi connectivity index (χ0) is 14.5. The van der Waals surface area contributed by atoms with Crippen LogP contribution in [0.2, 0.25) is 5.02 Å². The molecule has 1 aliphatic rings. The Morgan fingerprint density at radius 2 is 2.45 bits per heavy atom. The van der Waals surface area contributed by atoms with Crippen LogP contribution in [0, 0.1) is 5.92 Å². The first-order valence-corrected chi connectivity index (χ1v) is 7.07. The second-order valence-electron chi connectivity index (χ2n) is 5.08. The summed E-state index contributed by atoms with van der Waals surface area (Å²) in [4.78, 5) is 0. The molecule has 1 aliphatic heterocycles. The van der Waals surface area contributed by atoms with Gasteiger partial charge in [-0.05, 0) is 30.9 Å². The first-order chi connectivity index (χ1) is 9.61.